The van der Waals surface area contributed by atoms with E-state index < -0.39 is 11.8 Å². The topological polar surface area (TPSA) is 70.2 Å². The van der Waals surface area contributed by atoms with Gasteiger partial charge in [-0.25, -0.2) is 5.43 Å². The lowest BCUT2D eigenvalue weighted by Gasteiger charge is -2.11. The Kier molecular flexibility index (Phi) is 5.94. The Morgan fingerprint density at radius 3 is 2.34 bits per heavy atom. The van der Waals surface area contributed by atoms with Crippen molar-refractivity contribution in [3.05, 3.63) is 88.2 Å². The smallest absolute Gasteiger partial charge is 0.261 e. The SMILES string of the molecule is Cc1cc(C)cc(-n2c(C)cc(/C=N\NC(=O)[C@H](C#N)c3ccccc3)c2C)c1. The van der Waals surface area contributed by atoms with E-state index in [1.54, 1.807) is 30.5 Å². The van der Waals surface area contributed by atoms with Crippen LogP contribution in [0.25, 0.3) is 5.69 Å². The molecule has 2 aromatic carbocycles. The molecule has 146 valence electrons. The van der Waals surface area contributed by atoms with Crippen LogP contribution < -0.4 is 5.43 Å². The predicted octanol–water partition coefficient (Wildman–Crippen LogP) is 4.47. The number of nitriles is 1. The molecule has 29 heavy (non-hydrogen) atoms. The molecule has 1 atom stereocenters. The number of hydrazone groups is 1. The van der Waals surface area contributed by atoms with Crippen LogP contribution in [0, 0.1) is 39.0 Å². The molecule has 0 aliphatic rings. The first-order valence-corrected chi connectivity index (χ1v) is 9.46. The number of aryl methyl sites for hydroxylation is 3. The summed E-state index contributed by atoms with van der Waals surface area (Å²) in [5.74, 6) is -1.34. The number of carbonyl (C=O) groups is 1. The molecule has 1 N–H and O–H groups in total. The van der Waals surface area contributed by atoms with Gasteiger partial charge in [-0.2, -0.15) is 10.4 Å². The molecular weight excluding hydrogens is 360 g/mol. The largest absolute Gasteiger partial charge is 0.318 e. The zero-order chi connectivity index (χ0) is 21.0. The van der Waals surface area contributed by atoms with Gasteiger partial charge in [-0.05, 0) is 62.6 Å². The van der Waals surface area contributed by atoms with E-state index in [9.17, 15) is 10.1 Å². The number of benzene rings is 2. The highest BCUT2D eigenvalue weighted by Crippen LogP contribution is 2.22. The first-order valence-electron chi connectivity index (χ1n) is 9.46. The summed E-state index contributed by atoms with van der Waals surface area (Å²) >= 11 is 0. The summed E-state index contributed by atoms with van der Waals surface area (Å²) in [5, 5.41) is 13.4. The second-order valence-corrected chi connectivity index (χ2v) is 7.21. The minimum absolute atomic E-state index is 0.446. The molecule has 3 aromatic rings. The molecule has 0 aliphatic carbocycles. The van der Waals surface area contributed by atoms with E-state index in [-0.39, 0.29) is 0 Å². The van der Waals surface area contributed by atoms with Crippen molar-refractivity contribution in [1.29, 1.82) is 5.26 Å². The third kappa shape index (κ3) is 4.44. The molecule has 5 heteroatoms. The first-order chi connectivity index (χ1) is 13.9. The van der Waals surface area contributed by atoms with Crippen molar-refractivity contribution in [3.63, 3.8) is 0 Å². The van der Waals surface area contributed by atoms with Crippen molar-refractivity contribution in [2.24, 2.45) is 5.10 Å². The van der Waals surface area contributed by atoms with Crippen LogP contribution in [0.4, 0.5) is 0 Å². The highest BCUT2D eigenvalue weighted by molar-refractivity contribution is 5.88. The quantitative estimate of drug-likeness (QED) is 0.521. The van der Waals surface area contributed by atoms with Crippen LogP contribution in [0.1, 0.15) is 39.6 Å². The van der Waals surface area contributed by atoms with Gasteiger partial charge >= 0.3 is 0 Å². The summed E-state index contributed by atoms with van der Waals surface area (Å²) < 4.78 is 2.17. The maximum absolute atomic E-state index is 12.4. The summed E-state index contributed by atoms with van der Waals surface area (Å²) in [4.78, 5) is 12.4. The van der Waals surface area contributed by atoms with Crippen LogP contribution in [0.3, 0.4) is 0 Å². The summed E-state index contributed by atoms with van der Waals surface area (Å²) in [5.41, 5.74) is 9.69. The number of hydrogen-bond donors (Lipinski definition) is 1. The van der Waals surface area contributed by atoms with Gasteiger partial charge in [0.15, 0.2) is 5.92 Å². The third-order valence-corrected chi connectivity index (χ3v) is 4.84. The van der Waals surface area contributed by atoms with Crippen molar-refractivity contribution in [3.8, 4) is 11.8 Å². The molecule has 1 heterocycles. The Labute approximate surface area is 171 Å². The van der Waals surface area contributed by atoms with Crippen LogP contribution in [0.2, 0.25) is 0 Å². The number of aromatic nitrogens is 1. The Bertz CT molecular complexity index is 1080. The Hall–Kier alpha value is -3.65. The van der Waals surface area contributed by atoms with Gasteiger partial charge < -0.3 is 4.57 Å². The van der Waals surface area contributed by atoms with Crippen molar-refractivity contribution >= 4 is 12.1 Å². The standard InChI is InChI=1S/C24H24N4O/c1-16-10-17(2)12-22(11-16)28-18(3)13-21(19(28)4)15-26-27-24(29)23(14-25)20-8-6-5-7-9-20/h5-13,15,23H,1-4H3,(H,27,29)/b26-15-/t23-/m1/s1. The Balaban J connectivity index is 1.80. The van der Waals surface area contributed by atoms with Crippen LogP contribution in [0.5, 0.6) is 0 Å². The molecule has 5 nitrogen and oxygen atoms in total. The zero-order valence-electron chi connectivity index (χ0n) is 17.1. The predicted molar refractivity (Wildman–Crippen MR) is 115 cm³/mol. The monoisotopic (exact) mass is 384 g/mol. The first kappa shape index (κ1) is 20.1. The van der Waals surface area contributed by atoms with Gasteiger partial charge in [0.05, 0.1) is 12.3 Å². The molecule has 1 aromatic heterocycles. The van der Waals surface area contributed by atoms with E-state index in [4.69, 9.17) is 0 Å². The summed E-state index contributed by atoms with van der Waals surface area (Å²) in [6.07, 6.45) is 1.62. The van der Waals surface area contributed by atoms with E-state index in [1.807, 2.05) is 32.0 Å². The van der Waals surface area contributed by atoms with E-state index in [0.29, 0.717) is 5.56 Å². The third-order valence-electron chi connectivity index (χ3n) is 4.84. The average Bonchev–Trinajstić information content (AvgIpc) is 2.96. The van der Waals surface area contributed by atoms with E-state index >= 15 is 0 Å². The number of amides is 1. The Morgan fingerprint density at radius 2 is 1.72 bits per heavy atom. The van der Waals surface area contributed by atoms with Crippen LogP contribution in [-0.2, 0) is 4.79 Å². The molecular formula is C24H24N4O. The maximum atomic E-state index is 12.4. The normalized spacial score (nSPS) is 12.0. The average molecular weight is 384 g/mol. The molecule has 0 spiro atoms. The van der Waals surface area contributed by atoms with Crippen molar-refractivity contribution < 1.29 is 4.79 Å². The van der Waals surface area contributed by atoms with Crippen LogP contribution in [0.15, 0.2) is 59.7 Å². The second-order valence-electron chi connectivity index (χ2n) is 7.21. The lowest BCUT2D eigenvalue weighted by atomic mass is 10.0. The van der Waals surface area contributed by atoms with Crippen molar-refractivity contribution in [1.82, 2.24) is 9.99 Å². The van der Waals surface area contributed by atoms with Crippen molar-refractivity contribution in [2.45, 2.75) is 33.6 Å². The molecule has 0 unspecified atom stereocenters. The molecule has 0 aliphatic heterocycles. The van der Waals surface area contributed by atoms with E-state index in [2.05, 4.69) is 47.1 Å². The number of nitrogens with zero attached hydrogens (tertiary/aromatic N) is 3. The van der Waals surface area contributed by atoms with Gasteiger partial charge in [0, 0.05) is 22.6 Å². The fourth-order valence-electron chi connectivity index (χ4n) is 3.56. The summed E-state index contributed by atoms with van der Waals surface area (Å²) in [6.45, 7) is 8.24. The van der Waals surface area contributed by atoms with Gasteiger partial charge in [-0.1, -0.05) is 36.4 Å². The van der Waals surface area contributed by atoms with E-state index in [1.165, 1.54) is 11.1 Å². The minimum Gasteiger partial charge on any atom is -0.318 e. The number of rotatable bonds is 5. The number of hydrogen-bond acceptors (Lipinski definition) is 3. The number of carbonyl (C=O) groups excluding carboxylic acids is 1. The van der Waals surface area contributed by atoms with Crippen LogP contribution in [-0.4, -0.2) is 16.7 Å². The van der Waals surface area contributed by atoms with Gasteiger partial charge in [-0.3, -0.25) is 4.79 Å². The molecule has 1 amide bonds. The molecule has 0 fully saturated rings. The second kappa shape index (κ2) is 8.57. The Morgan fingerprint density at radius 1 is 1.07 bits per heavy atom. The molecule has 0 saturated heterocycles. The molecule has 0 saturated carbocycles. The lowest BCUT2D eigenvalue weighted by molar-refractivity contribution is -0.121. The van der Waals surface area contributed by atoms with Crippen molar-refractivity contribution in [2.75, 3.05) is 0 Å². The summed E-state index contributed by atoms with van der Waals surface area (Å²) in [7, 11) is 0. The fourth-order valence-corrected chi connectivity index (χ4v) is 3.56. The highest BCUT2D eigenvalue weighted by atomic mass is 16.2. The van der Waals surface area contributed by atoms with Gasteiger partial charge in [0.2, 0.25) is 0 Å². The summed E-state index contributed by atoms with van der Waals surface area (Å²) in [6, 6.07) is 19.5. The highest BCUT2D eigenvalue weighted by Gasteiger charge is 2.19. The van der Waals surface area contributed by atoms with Gasteiger partial charge in [0.25, 0.3) is 5.91 Å². The maximum Gasteiger partial charge on any atom is 0.261 e. The fraction of sp³-hybridized carbons (Fsp3) is 0.208. The van der Waals surface area contributed by atoms with Gasteiger partial charge in [0.1, 0.15) is 0 Å². The molecule has 0 bridgehead atoms. The zero-order valence-corrected chi connectivity index (χ0v) is 17.1. The number of nitrogens with one attached hydrogen (secondary N) is 1. The van der Waals surface area contributed by atoms with E-state index in [0.717, 1.165) is 22.6 Å². The molecule has 3 rings (SSSR count). The molecule has 0 radical (unpaired) electrons. The van der Waals surface area contributed by atoms with Gasteiger partial charge in [-0.15, -0.1) is 0 Å². The lowest BCUT2D eigenvalue weighted by Crippen LogP contribution is -2.24. The minimum atomic E-state index is -0.893. The van der Waals surface area contributed by atoms with Crippen LogP contribution >= 0.6 is 0 Å².